The predicted octanol–water partition coefficient (Wildman–Crippen LogP) is 5.55. The highest BCUT2D eigenvalue weighted by atomic mass is 32.1. The van der Waals surface area contributed by atoms with E-state index >= 15 is 0 Å². The van der Waals surface area contributed by atoms with Gasteiger partial charge in [-0.05, 0) is 54.2 Å². The van der Waals surface area contributed by atoms with E-state index in [-0.39, 0.29) is 5.82 Å². The summed E-state index contributed by atoms with van der Waals surface area (Å²) in [4.78, 5) is 10.7. The van der Waals surface area contributed by atoms with Crippen molar-refractivity contribution in [2.45, 2.75) is 6.54 Å². The average molecular weight is 376 g/mol. The van der Waals surface area contributed by atoms with Gasteiger partial charge >= 0.3 is 0 Å². The van der Waals surface area contributed by atoms with Gasteiger partial charge in [-0.1, -0.05) is 30.3 Å². The van der Waals surface area contributed by atoms with E-state index < -0.39 is 0 Å². The van der Waals surface area contributed by atoms with Gasteiger partial charge in [0.1, 0.15) is 11.6 Å². The minimum atomic E-state index is -0.272. The molecule has 0 saturated heterocycles. The molecule has 27 heavy (non-hydrogen) atoms. The van der Waals surface area contributed by atoms with Crippen LogP contribution in [0.15, 0.2) is 72.9 Å². The van der Waals surface area contributed by atoms with Crippen LogP contribution in [0.3, 0.4) is 0 Å². The molecule has 0 atom stereocenters. The van der Waals surface area contributed by atoms with Crippen LogP contribution >= 0.6 is 12.2 Å². The fourth-order valence-electron chi connectivity index (χ4n) is 2.90. The Labute approximate surface area is 161 Å². The molecule has 6 heteroatoms. The van der Waals surface area contributed by atoms with Gasteiger partial charge in [-0.15, -0.1) is 0 Å². The lowest BCUT2D eigenvalue weighted by molar-refractivity contribution is 0.628. The molecule has 0 radical (unpaired) electrons. The van der Waals surface area contributed by atoms with Crippen molar-refractivity contribution in [3.05, 3.63) is 89.1 Å². The maximum Gasteiger partial charge on any atom is 0.175 e. The summed E-state index contributed by atoms with van der Waals surface area (Å²) in [6.07, 6.45) is 1.75. The highest BCUT2D eigenvalue weighted by Gasteiger charge is 2.11. The van der Waals surface area contributed by atoms with Crippen LogP contribution in [0.2, 0.25) is 0 Å². The van der Waals surface area contributed by atoms with Crippen molar-refractivity contribution in [3.8, 4) is 22.5 Å². The standard InChI is InChI=1S/C21H17FN4S/c22-17-8-6-15(7-9-17)19-20(26-21(27)25-19)16-10-11-23-18(12-16)24-13-14-4-2-1-3-5-14/h1-12H,13H2,(H,23,24)(H2,25,26,27). The number of H-pyrrole nitrogens is 2. The molecule has 0 aliphatic heterocycles. The van der Waals surface area contributed by atoms with E-state index in [1.54, 1.807) is 18.3 Å². The number of aromatic amines is 2. The lowest BCUT2D eigenvalue weighted by atomic mass is 10.1. The third kappa shape index (κ3) is 3.96. The van der Waals surface area contributed by atoms with Gasteiger partial charge in [0.25, 0.3) is 0 Å². The number of hydrogen-bond acceptors (Lipinski definition) is 3. The Morgan fingerprint density at radius 3 is 2.33 bits per heavy atom. The average Bonchev–Trinajstić information content (AvgIpc) is 3.10. The van der Waals surface area contributed by atoms with E-state index in [2.05, 4.69) is 32.4 Å². The van der Waals surface area contributed by atoms with E-state index in [1.807, 2.05) is 30.3 Å². The summed E-state index contributed by atoms with van der Waals surface area (Å²) in [5, 5.41) is 3.33. The number of nitrogens with zero attached hydrogens (tertiary/aromatic N) is 1. The van der Waals surface area contributed by atoms with E-state index in [1.165, 1.54) is 17.7 Å². The topological polar surface area (TPSA) is 56.5 Å². The SMILES string of the molecule is Fc1ccc(-c2[nH]c(=S)[nH]c2-c2ccnc(NCc3ccccc3)c2)cc1. The molecule has 0 bridgehead atoms. The lowest BCUT2D eigenvalue weighted by Crippen LogP contribution is -2.01. The van der Waals surface area contributed by atoms with Gasteiger partial charge in [-0.2, -0.15) is 0 Å². The quantitative estimate of drug-likeness (QED) is 0.400. The number of benzene rings is 2. The Bertz CT molecular complexity index is 1100. The number of pyridine rings is 1. The zero-order valence-corrected chi connectivity index (χ0v) is 15.2. The Balaban J connectivity index is 1.64. The molecule has 0 unspecified atom stereocenters. The van der Waals surface area contributed by atoms with E-state index in [9.17, 15) is 4.39 Å². The molecule has 0 aliphatic carbocycles. The van der Waals surface area contributed by atoms with Crippen molar-refractivity contribution in [1.82, 2.24) is 15.0 Å². The summed E-state index contributed by atoms with van der Waals surface area (Å²) in [5.74, 6) is 0.493. The van der Waals surface area contributed by atoms with Gasteiger partial charge in [0.2, 0.25) is 0 Å². The number of anilines is 1. The Hall–Kier alpha value is -3.25. The van der Waals surface area contributed by atoms with Gasteiger partial charge in [-0.25, -0.2) is 9.37 Å². The zero-order valence-electron chi connectivity index (χ0n) is 14.4. The molecular formula is C21H17FN4S. The summed E-state index contributed by atoms with van der Waals surface area (Å²) in [6.45, 7) is 0.686. The third-order valence-electron chi connectivity index (χ3n) is 4.23. The molecule has 2 heterocycles. The summed E-state index contributed by atoms with van der Waals surface area (Å²) >= 11 is 5.28. The molecule has 2 aromatic heterocycles. The number of halogens is 1. The van der Waals surface area contributed by atoms with E-state index in [4.69, 9.17) is 12.2 Å². The maximum atomic E-state index is 13.3. The lowest BCUT2D eigenvalue weighted by Gasteiger charge is -2.08. The van der Waals surface area contributed by atoms with Crippen molar-refractivity contribution in [1.29, 1.82) is 0 Å². The first-order valence-electron chi connectivity index (χ1n) is 8.51. The van der Waals surface area contributed by atoms with Gasteiger partial charge in [-0.3, -0.25) is 0 Å². The van der Waals surface area contributed by atoms with Crippen molar-refractivity contribution in [3.63, 3.8) is 0 Å². The second kappa shape index (κ2) is 7.55. The minimum absolute atomic E-state index is 0.272. The van der Waals surface area contributed by atoms with Crippen molar-refractivity contribution in [2.24, 2.45) is 0 Å². The summed E-state index contributed by atoms with van der Waals surface area (Å²) in [6, 6.07) is 20.3. The van der Waals surface area contributed by atoms with Crippen LogP contribution in [0.5, 0.6) is 0 Å². The van der Waals surface area contributed by atoms with Crippen LogP contribution in [0.1, 0.15) is 5.56 Å². The van der Waals surface area contributed by atoms with Crippen molar-refractivity contribution in [2.75, 3.05) is 5.32 Å². The van der Waals surface area contributed by atoms with E-state index in [0.717, 1.165) is 28.3 Å². The van der Waals surface area contributed by atoms with Crippen molar-refractivity contribution < 1.29 is 4.39 Å². The highest BCUT2D eigenvalue weighted by Crippen LogP contribution is 2.30. The second-order valence-corrected chi connectivity index (χ2v) is 6.51. The first-order chi connectivity index (χ1) is 13.2. The normalized spacial score (nSPS) is 10.7. The molecule has 0 fully saturated rings. The molecule has 0 aliphatic rings. The smallest absolute Gasteiger partial charge is 0.175 e. The predicted molar refractivity (Wildman–Crippen MR) is 108 cm³/mol. The summed E-state index contributed by atoms with van der Waals surface area (Å²) < 4.78 is 13.8. The Morgan fingerprint density at radius 1 is 0.889 bits per heavy atom. The Morgan fingerprint density at radius 2 is 1.59 bits per heavy atom. The molecule has 4 rings (SSSR count). The third-order valence-corrected chi connectivity index (χ3v) is 4.43. The van der Waals surface area contributed by atoms with Crippen LogP contribution in [-0.2, 0) is 6.54 Å². The number of aromatic nitrogens is 3. The zero-order chi connectivity index (χ0) is 18.6. The number of hydrogen-bond donors (Lipinski definition) is 3. The highest BCUT2D eigenvalue weighted by molar-refractivity contribution is 7.71. The van der Waals surface area contributed by atoms with Gasteiger partial charge in [0, 0.05) is 23.9 Å². The van der Waals surface area contributed by atoms with Gasteiger partial charge in [0.05, 0.1) is 11.4 Å². The van der Waals surface area contributed by atoms with Gasteiger partial charge < -0.3 is 15.3 Å². The van der Waals surface area contributed by atoms with Crippen LogP contribution < -0.4 is 5.32 Å². The molecule has 0 saturated carbocycles. The minimum Gasteiger partial charge on any atom is -0.366 e. The maximum absolute atomic E-state index is 13.3. The second-order valence-electron chi connectivity index (χ2n) is 6.10. The van der Waals surface area contributed by atoms with Crippen LogP contribution in [0.25, 0.3) is 22.5 Å². The molecular weight excluding hydrogens is 359 g/mol. The van der Waals surface area contributed by atoms with Crippen LogP contribution in [0.4, 0.5) is 10.2 Å². The van der Waals surface area contributed by atoms with Gasteiger partial charge in [0.15, 0.2) is 4.77 Å². The first-order valence-corrected chi connectivity index (χ1v) is 8.92. The largest absolute Gasteiger partial charge is 0.366 e. The number of nitrogens with one attached hydrogen (secondary N) is 3. The number of imidazole rings is 1. The molecule has 0 amide bonds. The monoisotopic (exact) mass is 376 g/mol. The molecule has 0 spiro atoms. The Kier molecular flexibility index (Phi) is 4.80. The molecule has 134 valence electrons. The van der Waals surface area contributed by atoms with Crippen LogP contribution in [-0.4, -0.2) is 15.0 Å². The number of rotatable bonds is 5. The summed E-state index contributed by atoms with van der Waals surface area (Å²) in [5.41, 5.74) is 4.64. The summed E-state index contributed by atoms with van der Waals surface area (Å²) in [7, 11) is 0. The molecule has 4 aromatic rings. The van der Waals surface area contributed by atoms with Crippen molar-refractivity contribution >= 4 is 18.0 Å². The molecule has 4 nitrogen and oxygen atoms in total. The van der Waals surface area contributed by atoms with E-state index in [0.29, 0.717) is 11.3 Å². The fourth-order valence-corrected chi connectivity index (χ4v) is 3.11. The fraction of sp³-hybridized carbons (Fsp3) is 0.0476. The molecule has 2 aromatic carbocycles. The first kappa shape index (κ1) is 17.2. The van der Waals surface area contributed by atoms with Crippen LogP contribution in [0, 0.1) is 10.6 Å². The molecule has 3 N–H and O–H groups in total.